The lowest BCUT2D eigenvalue weighted by Gasteiger charge is -2.31. The van der Waals surface area contributed by atoms with Gasteiger partial charge in [0.15, 0.2) is 10.9 Å². The summed E-state index contributed by atoms with van der Waals surface area (Å²) in [6, 6.07) is 11.4. The van der Waals surface area contributed by atoms with Crippen molar-refractivity contribution in [2.75, 3.05) is 45.3 Å². The number of nitrogens with one attached hydrogen (secondary N) is 1. The number of carbonyl (C=O) groups excluding carboxylic acids is 1. The molecule has 0 atom stereocenters. The molecule has 0 unspecified atom stereocenters. The number of hydrogen-bond donors (Lipinski definition) is 2. The molecule has 37 heavy (non-hydrogen) atoms. The van der Waals surface area contributed by atoms with Crippen LogP contribution < -0.4 is 5.32 Å². The van der Waals surface area contributed by atoms with Crippen molar-refractivity contribution in [1.29, 1.82) is 0 Å². The Balaban J connectivity index is 1.31. The summed E-state index contributed by atoms with van der Waals surface area (Å²) < 4.78 is 8.39. The highest BCUT2D eigenvalue weighted by Gasteiger charge is 2.21. The Bertz CT molecular complexity index is 1380. The van der Waals surface area contributed by atoms with Crippen molar-refractivity contribution in [3.63, 3.8) is 0 Å². The molecule has 196 valence electrons. The van der Waals surface area contributed by atoms with Gasteiger partial charge in [-0.15, -0.1) is 0 Å². The second kappa shape index (κ2) is 11.9. The zero-order valence-electron chi connectivity index (χ0n) is 21.0. The molecule has 0 spiro atoms. The number of anilines is 2. The number of ether oxygens (including phenoxy) is 1. The predicted molar refractivity (Wildman–Crippen MR) is 149 cm³/mol. The van der Waals surface area contributed by atoms with Gasteiger partial charge in [-0.3, -0.25) is 4.79 Å². The number of ketones is 1. The van der Waals surface area contributed by atoms with Crippen LogP contribution in [0.15, 0.2) is 36.4 Å². The number of hydrogen-bond acceptors (Lipinski definition) is 8. The van der Waals surface area contributed by atoms with Crippen LogP contribution in [-0.2, 0) is 11.3 Å². The summed E-state index contributed by atoms with van der Waals surface area (Å²) in [5.74, 6) is 1.38. The first kappa shape index (κ1) is 26.1. The Labute approximate surface area is 225 Å². The Hall–Kier alpha value is -2.56. The van der Waals surface area contributed by atoms with Gasteiger partial charge in [0.25, 0.3) is 0 Å². The lowest BCUT2D eigenvalue weighted by molar-refractivity contribution is 0.0958. The molecular weight excluding hydrogens is 510 g/mol. The van der Waals surface area contributed by atoms with Crippen LogP contribution in [0.4, 0.5) is 11.1 Å². The van der Waals surface area contributed by atoms with Gasteiger partial charge in [0, 0.05) is 37.2 Å². The number of aromatic nitrogens is 3. The number of piperidine rings is 1. The second-order valence-corrected chi connectivity index (χ2v) is 11.0. The number of aliphatic hydroxyl groups excluding tert-OH is 1. The van der Waals surface area contributed by atoms with E-state index in [2.05, 4.69) is 19.8 Å². The first-order chi connectivity index (χ1) is 18.0. The Kier molecular flexibility index (Phi) is 8.36. The summed E-state index contributed by atoms with van der Waals surface area (Å²) in [6.45, 7) is 4.11. The van der Waals surface area contributed by atoms with Gasteiger partial charge in [0.05, 0.1) is 34.5 Å². The molecule has 1 aliphatic heterocycles. The second-order valence-electron chi connectivity index (χ2n) is 9.51. The highest BCUT2D eigenvalue weighted by Crippen LogP contribution is 2.31. The van der Waals surface area contributed by atoms with Gasteiger partial charge in [-0.1, -0.05) is 22.9 Å². The van der Waals surface area contributed by atoms with Gasteiger partial charge in [-0.2, -0.15) is 0 Å². The maximum Gasteiger partial charge on any atom is 0.210 e. The van der Waals surface area contributed by atoms with E-state index >= 15 is 0 Å². The van der Waals surface area contributed by atoms with Gasteiger partial charge in [0.1, 0.15) is 0 Å². The first-order valence-corrected chi connectivity index (χ1v) is 13.9. The summed E-state index contributed by atoms with van der Waals surface area (Å²) in [5, 5.41) is 13.9. The van der Waals surface area contributed by atoms with Crippen LogP contribution >= 0.6 is 22.9 Å². The molecule has 2 aromatic carbocycles. The van der Waals surface area contributed by atoms with E-state index in [1.807, 2.05) is 36.4 Å². The summed E-state index contributed by atoms with van der Waals surface area (Å²) in [6.07, 6.45) is 3.62. The number of likely N-dealkylation sites (tertiary alicyclic amines) is 1. The molecule has 1 aliphatic rings. The molecular formula is C27H32ClN5O3S. The number of nitrogens with zero attached hydrogens (tertiary/aromatic N) is 4. The van der Waals surface area contributed by atoms with Crippen molar-refractivity contribution >= 4 is 61.1 Å². The maximum atomic E-state index is 13.0. The molecule has 1 fully saturated rings. The number of benzene rings is 2. The van der Waals surface area contributed by atoms with Crippen molar-refractivity contribution < 1.29 is 14.6 Å². The van der Waals surface area contributed by atoms with Crippen molar-refractivity contribution in [3.8, 4) is 0 Å². The molecule has 10 heteroatoms. The molecule has 4 aromatic rings. The predicted octanol–water partition coefficient (Wildman–Crippen LogP) is 5.36. The average molecular weight is 542 g/mol. The van der Waals surface area contributed by atoms with Crippen LogP contribution in [0.1, 0.15) is 36.0 Å². The third-order valence-corrected chi connectivity index (χ3v) is 8.23. The number of imidazole rings is 1. The van der Waals surface area contributed by atoms with Gasteiger partial charge in [-0.05, 0) is 74.7 Å². The molecule has 1 saturated heterocycles. The van der Waals surface area contributed by atoms with E-state index in [9.17, 15) is 4.79 Å². The van der Waals surface area contributed by atoms with Gasteiger partial charge >= 0.3 is 0 Å². The van der Waals surface area contributed by atoms with Gasteiger partial charge < -0.3 is 24.6 Å². The number of fused-ring (bicyclic) bond motifs is 2. The molecule has 0 radical (unpaired) electrons. The summed E-state index contributed by atoms with van der Waals surface area (Å²) in [5.41, 5.74) is 3.29. The minimum Gasteiger partial charge on any atom is -0.395 e. The molecule has 5 rings (SSSR count). The summed E-state index contributed by atoms with van der Waals surface area (Å²) in [7, 11) is 1.68. The highest BCUT2D eigenvalue weighted by atomic mass is 35.5. The van der Waals surface area contributed by atoms with E-state index in [1.165, 1.54) is 11.3 Å². The van der Waals surface area contributed by atoms with Crippen LogP contribution in [0.5, 0.6) is 0 Å². The fourth-order valence-corrected chi connectivity index (χ4v) is 6.11. The summed E-state index contributed by atoms with van der Waals surface area (Å²) >= 11 is 7.66. The van der Waals surface area contributed by atoms with E-state index < -0.39 is 0 Å². The lowest BCUT2D eigenvalue weighted by atomic mass is 9.90. The topological polar surface area (TPSA) is 92.5 Å². The van der Waals surface area contributed by atoms with Crippen LogP contribution in [0, 0.1) is 5.92 Å². The third-order valence-electron chi connectivity index (χ3n) is 7.06. The molecule has 0 bridgehead atoms. The largest absolute Gasteiger partial charge is 0.395 e. The van der Waals surface area contributed by atoms with Crippen LogP contribution in [0.2, 0.25) is 5.02 Å². The normalized spacial score (nSPS) is 15.1. The number of β-amino-alcohol motifs (C(OH)–C–C–N with tert-alkyl or cyclic N) is 1. The van der Waals surface area contributed by atoms with Crippen LogP contribution in [0.3, 0.4) is 0 Å². The number of rotatable bonds is 11. The molecule has 0 amide bonds. The SMILES string of the molecule is COCCn1c(Nc2nc3ccc(Cl)cc3s2)nc2cc(C(=O)CCC3CCN(CCO)CC3)ccc21. The number of aliphatic hydroxyl groups is 1. The van der Waals surface area contributed by atoms with Gasteiger partial charge in [-0.25, -0.2) is 9.97 Å². The van der Waals surface area contributed by atoms with Crippen LogP contribution in [0.25, 0.3) is 21.3 Å². The van der Waals surface area contributed by atoms with Crippen molar-refractivity contribution in [2.24, 2.45) is 5.92 Å². The third kappa shape index (κ3) is 6.13. The quantitative estimate of drug-likeness (QED) is 0.247. The van der Waals surface area contributed by atoms with E-state index in [0.29, 0.717) is 42.0 Å². The van der Waals surface area contributed by atoms with Crippen molar-refractivity contribution in [2.45, 2.75) is 32.2 Å². The number of Topliss-reactive ketones (excluding diaryl/α,β-unsaturated/α-hetero) is 1. The fraction of sp³-hybridized carbons (Fsp3) is 0.444. The molecule has 0 aliphatic carbocycles. The Morgan fingerprint density at radius 3 is 2.78 bits per heavy atom. The number of halogens is 1. The van der Waals surface area contributed by atoms with Gasteiger partial charge in [0.2, 0.25) is 5.95 Å². The number of carbonyl (C=O) groups is 1. The average Bonchev–Trinajstić information content (AvgIpc) is 3.46. The zero-order valence-corrected chi connectivity index (χ0v) is 22.5. The van der Waals surface area contributed by atoms with Crippen molar-refractivity contribution in [1.82, 2.24) is 19.4 Å². The fourth-order valence-electron chi connectivity index (χ4n) is 4.97. The lowest BCUT2D eigenvalue weighted by Crippen LogP contribution is -2.35. The smallest absolute Gasteiger partial charge is 0.210 e. The maximum absolute atomic E-state index is 13.0. The van der Waals surface area contributed by atoms with E-state index in [-0.39, 0.29) is 12.4 Å². The molecule has 8 nitrogen and oxygen atoms in total. The Morgan fingerprint density at radius 1 is 1.16 bits per heavy atom. The number of thiazole rings is 1. The van der Waals surface area contributed by atoms with Crippen LogP contribution in [-0.4, -0.2) is 70.3 Å². The standard InChI is InChI=1S/C27H32ClN5O3S/c1-36-15-13-33-23-6-3-19(24(35)7-2-18-8-10-32(11-9-18)12-14-34)16-22(23)29-26(33)31-27-30-21-5-4-20(28)17-25(21)37-27/h3-6,16-18,34H,2,7-15H2,1H3,(H,29,30,31). The molecule has 2 N–H and O–H groups in total. The molecule has 2 aromatic heterocycles. The number of methoxy groups -OCH3 is 1. The minimum absolute atomic E-state index is 0.156. The minimum atomic E-state index is 0.156. The molecule has 0 saturated carbocycles. The van der Waals surface area contributed by atoms with Crippen molar-refractivity contribution in [3.05, 3.63) is 47.0 Å². The van der Waals surface area contributed by atoms with E-state index in [0.717, 1.165) is 65.3 Å². The molecule has 3 heterocycles. The monoisotopic (exact) mass is 541 g/mol. The van der Waals surface area contributed by atoms with E-state index in [1.54, 1.807) is 7.11 Å². The zero-order chi connectivity index (χ0) is 25.8. The highest BCUT2D eigenvalue weighted by molar-refractivity contribution is 7.22. The summed E-state index contributed by atoms with van der Waals surface area (Å²) in [4.78, 5) is 24.8. The Morgan fingerprint density at radius 2 is 2.00 bits per heavy atom. The van der Waals surface area contributed by atoms with E-state index in [4.69, 9.17) is 26.4 Å². The first-order valence-electron chi connectivity index (χ1n) is 12.7.